The van der Waals surface area contributed by atoms with Crippen molar-refractivity contribution in [3.8, 4) is 5.75 Å². The number of rotatable bonds is 11. The number of nitrogens with zero attached hydrogens (tertiary/aromatic N) is 1. The van der Waals surface area contributed by atoms with Crippen molar-refractivity contribution in [2.24, 2.45) is 0 Å². The van der Waals surface area contributed by atoms with Crippen molar-refractivity contribution in [3.63, 3.8) is 0 Å². The standard InChI is InChI=1S/C18H32N2O/c1-5-7-12-20(6-2)13-14-21-18-10-8-17(9-11-18)15-19-16(3)4/h8-11,16,19H,5-7,12-15H2,1-4H3. The SMILES string of the molecule is CCCCN(CC)CCOc1ccc(CNC(C)C)cc1. The molecule has 3 heteroatoms. The molecule has 0 aliphatic heterocycles. The maximum Gasteiger partial charge on any atom is 0.119 e. The third kappa shape index (κ3) is 8.08. The highest BCUT2D eigenvalue weighted by Gasteiger charge is 2.02. The monoisotopic (exact) mass is 292 g/mol. The molecule has 0 aromatic heterocycles. The lowest BCUT2D eigenvalue weighted by atomic mass is 10.2. The van der Waals surface area contributed by atoms with E-state index in [0.717, 1.165) is 32.0 Å². The van der Waals surface area contributed by atoms with E-state index in [9.17, 15) is 0 Å². The van der Waals surface area contributed by atoms with Gasteiger partial charge in [0.25, 0.3) is 0 Å². The highest BCUT2D eigenvalue weighted by Crippen LogP contribution is 2.12. The van der Waals surface area contributed by atoms with Crippen molar-refractivity contribution in [1.29, 1.82) is 0 Å². The average molecular weight is 292 g/mol. The van der Waals surface area contributed by atoms with Gasteiger partial charge >= 0.3 is 0 Å². The van der Waals surface area contributed by atoms with Gasteiger partial charge in [-0.1, -0.05) is 46.2 Å². The predicted octanol–water partition coefficient (Wildman–Crippen LogP) is 3.69. The minimum Gasteiger partial charge on any atom is -0.492 e. The largest absolute Gasteiger partial charge is 0.492 e. The van der Waals surface area contributed by atoms with Gasteiger partial charge in [0.15, 0.2) is 0 Å². The third-order valence-electron chi connectivity index (χ3n) is 3.59. The molecule has 1 rings (SSSR count). The molecular formula is C18H32N2O. The van der Waals surface area contributed by atoms with Crippen molar-refractivity contribution >= 4 is 0 Å². The lowest BCUT2D eigenvalue weighted by Gasteiger charge is -2.20. The van der Waals surface area contributed by atoms with Crippen LogP contribution in [0.15, 0.2) is 24.3 Å². The summed E-state index contributed by atoms with van der Waals surface area (Å²) in [4.78, 5) is 2.45. The van der Waals surface area contributed by atoms with Crippen LogP contribution in [0.2, 0.25) is 0 Å². The van der Waals surface area contributed by atoms with Crippen molar-refractivity contribution in [3.05, 3.63) is 29.8 Å². The molecular weight excluding hydrogens is 260 g/mol. The molecule has 0 spiro atoms. The van der Waals surface area contributed by atoms with Gasteiger partial charge in [0.1, 0.15) is 12.4 Å². The van der Waals surface area contributed by atoms with Crippen LogP contribution in [-0.4, -0.2) is 37.2 Å². The Morgan fingerprint density at radius 1 is 1.10 bits per heavy atom. The molecule has 1 aromatic carbocycles. The fourth-order valence-electron chi connectivity index (χ4n) is 2.13. The molecule has 0 atom stereocenters. The molecule has 21 heavy (non-hydrogen) atoms. The van der Waals surface area contributed by atoms with Crippen LogP contribution in [0.25, 0.3) is 0 Å². The van der Waals surface area contributed by atoms with E-state index in [0.29, 0.717) is 6.04 Å². The van der Waals surface area contributed by atoms with Gasteiger partial charge in [0.2, 0.25) is 0 Å². The summed E-state index contributed by atoms with van der Waals surface area (Å²) >= 11 is 0. The summed E-state index contributed by atoms with van der Waals surface area (Å²) in [7, 11) is 0. The first-order chi connectivity index (χ1) is 10.2. The van der Waals surface area contributed by atoms with Gasteiger partial charge in [-0.15, -0.1) is 0 Å². The molecule has 120 valence electrons. The zero-order valence-corrected chi connectivity index (χ0v) is 14.2. The molecule has 1 aromatic rings. The predicted molar refractivity (Wildman–Crippen MR) is 90.9 cm³/mol. The third-order valence-corrected chi connectivity index (χ3v) is 3.59. The van der Waals surface area contributed by atoms with Gasteiger partial charge in [0.05, 0.1) is 0 Å². The Morgan fingerprint density at radius 3 is 2.38 bits per heavy atom. The summed E-state index contributed by atoms with van der Waals surface area (Å²) in [6.45, 7) is 13.7. The zero-order valence-electron chi connectivity index (χ0n) is 14.2. The number of nitrogens with one attached hydrogen (secondary N) is 1. The van der Waals surface area contributed by atoms with Crippen LogP contribution < -0.4 is 10.1 Å². The van der Waals surface area contributed by atoms with Crippen LogP contribution in [0.5, 0.6) is 5.75 Å². The lowest BCUT2D eigenvalue weighted by molar-refractivity contribution is 0.213. The van der Waals surface area contributed by atoms with Gasteiger partial charge in [-0.2, -0.15) is 0 Å². The Bertz CT molecular complexity index is 362. The Balaban J connectivity index is 2.28. The highest BCUT2D eigenvalue weighted by atomic mass is 16.5. The minimum atomic E-state index is 0.518. The van der Waals surface area contributed by atoms with Gasteiger partial charge in [-0.05, 0) is 37.2 Å². The van der Waals surface area contributed by atoms with Crippen LogP contribution in [0.4, 0.5) is 0 Å². The second kappa shape index (κ2) is 10.6. The molecule has 3 nitrogen and oxygen atoms in total. The van der Waals surface area contributed by atoms with E-state index in [-0.39, 0.29) is 0 Å². The second-order valence-corrected chi connectivity index (χ2v) is 5.82. The molecule has 0 radical (unpaired) electrons. The normalized spacial score (nSPS) is 11.3. The van der Waals surface area contributed by atoms with E-state index in [1.165, 1.54) is 24.9 Å². The molecule has 0 aliphatic carbocycles. The molecule has 0 amide bonds. The van der Waals surface area contributed by atoms with Crippen LogP contribution >= 0.6 is 0 Å². The van der Waals surface area contributed by atoms with Crippen LogP contribution in [0.1, 0.15) is 46.1 Å². The number of likely N-dealkylation sites (N-methyl/N-ethyl adjacent to an activating group) is 1. The number of hydrogen-bond acceptors (Lipinski definition) is 3. The molecule has 0 heterocycles. The van der Waals surface area contributed by atoms with Crippen LogP contribution in [0, 0.1) is 0 Å². The second-order valence-electron chi connectivity index (χ2n) is 5.82. The van der Waals surface area contributed by atoms with E-state index in [1.807, 2.05) is 0 Å². The number of ether oxygens (including phenoxy) is 1. The first-order valence-corrected chi connectivity index (χ1v) is 8.33. The highest BCUT2D eigenvalue weighted by molar-refractivity contribution is 5.27. The van der Waals surface area contributed by atoms with E-state index >= 15 is 0 Å². The Labute approximate surface area is 130 Å². The average Bonchev–Trinajstić information content (AvgIpc) is 2.49. The van der Waals surface area contributed by atoms with Crippen molar-refractivity contribution in [2.75, 3.05) is 26.2 Å². The summed E-state index contributed by atoms with van der Waals surface area (Å²) in [6.07, 6.45) is 2.52. The maximum absolute atomic E-state index is 5.84. The number of unbranched alkanes of at least 4 members (excludes halogenated alkanes) is 1. The van der Waals surface area contributed by atoms with Gasteiger partial charge < -0.3 is 15.0 Å². The van der Waals surface area contributed by atoms with Crippen LogP contribution in [0.3, 0.4) is 0 Å². The Morgan fingerprint density at radius 2 is 1.81 bits per heavy atom. The molecule has 0 saturated heterocycles. The zero-order chi connectivity index (χ0) is 15.5. The van der Waals surface area contributed by atoms with Crippen LogP contribution in [-0.2, 0) is 6.54 Å². The number of hydrogen-bond donors (Lipinski definition) is 1. The van der Waals surface area contributed by atoms with E-state index in [1.54, 1.807) is 0 Å². The summed E-state index contributed by atoms with van der Waals surface area (Å²) in [6, 6.07) is 8.93. The first-order valence-electron chi connectivity index (χ1n) is 8.33. The van der Waals surface area contributed by atoms with E-state index < -0.39 is 0 Å². The summed E-state index contributed by atoms with van der Waals surface area (Å²) in [5, 5.41) is 3.42. The van der Waals surface area contributed by atoms with Gasteiger partial charge in [-0.3, -0.25) is 0 Å². The smallest absolute Gasteiger partial charge is 0.119 e. The molecule has 0 bridgehead atoms. The molecule has 0 aliphatic rings. The summed E-state index contributed by atoms with van der Waals surface area (Å²) in [5.74, 6) is 0.967. The topological polar surface area (TPSA) is 24.5 Å². The Hall–Kier alpha value is -1.06. The fraction of sp³-hybridized carbons (Fsp3) is 0.667. The molecule has 0 saturated carbocycles. The fourth-order valence-corrected chi connectivity index (χ4v) is 2.13. The summed E-state index contributed by atoms with van der Waals surface area (Å²) < 4.78 is 5.84. The number of benzene rings is 1. The van der Waals surface area contributed by atoms with Crippen molar-refractivity contribution in [1.82, 2.24) is 10.2 Å². The van der Waals surface area contributed by atoms with Crippen molar-refractivity contribution in [2.45, 2.75) is 53.1 Å². The van der Waals surface area contributed by atoms with E-state index in [2.05, 4.69) is 62.2 Å². The van der Waals surface area contributed by atoms with E-state index in [4.69, 9.17) is 4.74 Å². The first kappa shape index (κ1) is 18.0. The summed E-state index contributed by atoms with van der Waals surface area (Å²) in [5.41, 5.74) is 1.30. The molecule has 0 fully saturated rings. The molecule has 1 N–H and O–H groups in total. The molecule has 0 unspecified atom stereocenters. The lowest BCUT2D eigenvalue weighted by Crippen LogP contribution is -2.29. The minimum absolute atomic E-state index is 0.518. The maximum atomic E-state index is 5.84. The van der Waals surface area contributed by atoms with Gasteiger partial charge in [-0.25, -0.2) is 0 Å². The van der Waals surface area contributed by atoms with Gasteiger partial charge in [0, 0.05) is 19.1 Å². The Kier molecular flexibility index (Phi) is 9.11. The van der Waals surface area contributed by atoms with Crippen molar-refractivity contribution < 1.29 is 4.74 Å². The quantitative estimate of drug-likeness (QED) is 0.673.